The first kappa shape index (κ1) is 13.6. The summed E-state index contributed by atoms with van der Waals surface area (Å²) in [5, 5.41) is 4.46. The molecule has 0 amide bonds. The van der Waals surface area contributed by atoms with Crippen LogP contribution in [0.25, 0.3) is 0 Å². The van der Waals surface area contributed by atoms with Gasteiger partial charge in [0.05, 0.1) is 19.3 Å². The Labute approximate surface area is 110 Å². The lowest BCUT2D eigenvalue weighted by Crippen LogP contribution is -2.47. The van der Waals surface area contributed by atoms with E-state index in [9.17, 15) is 0 Å². The van der Waals surface area contributed by atoms with Crippen LogP contribution in [0.4, 0.5) is 0 Å². The Balaban J connectivity index is 1.98. The fraction of sp³-hybridized carbons (Fsp3) is 0.769. The van der Waals surface area contributed by atoms with Crippen LogP contribution in [-0.2, 0) is 11.0 Å². The second kappa shape index (κ2) is 4.10. The van der Waals surface area contributed by atoms with Gasteiger partial charge in [-0.15, -0.1) is 0 Å². The van der Waals surface area contributed by atoms with Crippen molar-refractivity contribution in [1.29, 1.82) is 0 Å². The first-order valence-electron chi connectivity index (χ1n) is 6.48. The van der Waals surface area contributed by atoms with Crippen LogP contribution in [-0.4, -0.2) is 30.3 Å². The fourth-order valence-electron chi connectivity index (χ4n) is 1.75. The molecule has 1 aromatic rings. The van der Waals surface area contributed by atoms with Crippen LogP contribution in [0.3, 0.4) is 0 Å². The largest absolute Gasteiger partial charge is 0.467 e. The number of fused-ring (bicyclic) bond motifs is 1. The summed E-state index contributed by atoms with van der Waals surface area (Å²) in [7, 11) is -1.71. The van der Waals surface area contributed by atoms with E-state index in [1.807, 2.05) is 10.7 Å². The number of aromatic nitrogens is 2. The highest BCUT2D eigenvalue weighted by atomic mass is 28.4. The zero-order valence-electron chi connectivity index (χ0n) is 12.3. The van der Waals surface area contributed by atoms with Crippen LogP contribution in [0.2, 0.25) is 18.1 Å². The molecule has 0 aromatic carbocycles. The van der Waals surface area contributed by atoms with Crippen molar-refractivity contribution in [3.8, 4) is 5.88 Å². The molecule has 1 aliphatic rings. The normalized spacial score (nSPS) is 23.9. The van der Waals surface area contributed by atoms with Gasteiger partial charge in [0.15, 0.2) is 8.32 Å². The molecule has 1 unspecified atom stereocenters. The van der Waals surface area contributed by atoms with Gasteiger partial charge in [-0.25, -0.2) is 4.68 Å². The van der Waals surface area contributed by atoms with Crippen molar-refractivity contribution in [2.24, 2.45) is 0 Å². The van der Waals surface area contributed by atoms with E-state index in [2.05, 4.69) is 45.9 Å². The molecule has 2 heterocycles. The maximum atomic E-state index is 6.25. The third kappa shape index (κ3) is 2.47. The molecule has 0 aliphatic carbocycles. The Morgan fingerprint density at radius 2 is 2.17 bits per heavy atom. The summed E-state index contributed by atoms with van der Waals surface area (Å²) >= 11 is 0. The number of rotatable bonds is 3. The molecule has 0 saturated heterocycles. The van der Waals surface area contributed by atoms with Crippen molar-refractivity contribution < 1.29 is 9.16 Å². The van der Waals surface area contributed by atoms with Gasteiger partial charge in [0.1, 0.15) is 5.60 Å². The summed E-state index contributed by atoms with van der Waals surface area (Å²) in [6.07, 6.45) is 1.77. The lowest BCUT2D eigenvalue weighted by atomic mass is 10.1. The van der Waals surface area contributed by atoms with E-state index in [-0.39, 0.29) is 10.6 Å². The second-order valence-electron chi connectivity index (χ2n) is 6.93. The molecule has 18 heavy (non-hydrogen) atoms. The third-order valence-electron chi connectivity index (χ3n) is 4.06. The summed E-state index contributed by atoms with van der Waals surface area (Å²) in [6, 6.07) is 1.90. The Kier molecular flexibility index (Phi) is 3.10. The van der Waals surface area contributed by atoms with E-state index in [4.69, 9.17) is 9.16 Å². The third-order valence-corrected chi connectivity index (χ3v) is 8.54. The minimum absolute atomic E-state index is 0.232. The van der Waals surface area contributed by atoms with E-state index in [0.29, 0.717) is 6.61 Å². The Morgan fingerprint density at radius 3 is 2.72 bits per heavy atom. The SMILES string of the molecule is CC1(CO[Si](C)(C)C(C)(C)C)Cn2nccc2O1. The Morgan fingerprint density at radius 1 is 1.50 bits per heavy atom. The summed E-state index contributed by atoms with van der Waals surface area (Å²) < 4.78 is 14.1. The zero-order chi connectivity index (χ0) is 13.6. The predicted octanol–water partition coefficient (Wildman–Crippen LogP) is 3.06. The van der Waals surface area contributed by atoms with E-state index in [1.165, 1.54) is 0 Å². The van der Waals surface area contributed by atoms with Crippen molar-refractivity contribution >= 4 is 8.32 Å². The van der Waals surface area contributed by atoms with Crippen molar-refractivity contribution in [2.75, 3.05) is 6.61 Å². The average Bonchev–Trinajstić information content (AvgIpc) is 2.71. The summed E-state index contributed by atoms with van der Waals surface area (Å²) in [6.45, 7) is 14.8. The topological polar surface area (TPSA) is 36.3 Å². The molecule has 5 heteroatoms. The molecule has 0 saturated carbocycles. The Bertz CT molecular complexity index is 414. The second-order valence-corrected chi connectivity index (χ2v) is 11.7. The van der Waals surface area contributed by atoms with Gasteiger partial charge in [-0.2, -0.15) is 5.10 Å². The highest BCUT2D eigenvalue weighted by molar-refractivity contribution is 6.74. The summed E-state index contributed by atoms with van der Waals surface area (Å²) in [4.78, 5) is 0. The van der Waals surface area contributed by atoms with Crippen LogP contribution in [0.5, 0.6) is 5.88 Å². The van der Waals surface area contributed by atoms with Gasteiger partial charge in [-0.05, 0) is 25.1 Å². The number of nitrogens with zero attached hydrogens (tertiary/aromatic N) is 2. The number of hydrogen-bond donors (Lipinski definition) is 0. The molecular formula is C13H24N2O2Si. The average molecular weight is 268 g/mol. The van der Waals surface area contributed by atoms with Crippen LogP contribution >= 0.6 is 0 Å². The van der Waals surface area contributed by atoms with E-state index in [0.717, 1.165) is 12.4 Å². The van der Waals surface area contributed by atoms with E-state index in [1.54, 1.807) is 6.20 Å². The summed E-state index contributed by atoms with van der Waals surface area (Å²) in [5.74, 6) is 0.844. The zero-order valence-corrected chi connectivity index (χ0v) is 13.3. The van der Waals surface area contributed by atoms with Crippen LogP contribution < -0.4 is 4.74 Å². The van der Waals surface area contributed by atoms with Crippen molar-refractivity contribution in [2.45, 2.75) is 58.0 Å². The molecule has 0 radical (unpaired) electrons. The van der Waals surface area contributed by atoms with Gasteiger partial charge in [0.2, 0.25) is 5.88 Å². The monoisotopic (exact) mass is 268 g/mol. The highest BCUT2D eigenvalue weighted by Crippen LogP contribution is 2.38. The molecule has 2 rings (SSSR count). The molecule has 0 bridgehead atoms. The van der Waals surface area contributed by atoms with E-state index >= 15 is 0 Å². The minimum Gasteiger partial charge on any atom is -0.467 e. The highest BCUT2D eigenvalue weighted by Gasteiger charge is 2.42. The maximum Gasteiger partial charge on any atom is 0.212 e. The predicted molar refractivity (Wildman–Crippen MR) is 74.4 cm³/mol. The number of ether oxygens (including phenoxy) is 1. The number of hydrogen-bond acceptors (Lipinski definition) is 3. The van der Waals surface area contributed by atoms with Crippen LogP contribution in [0.1, 0.15) is 27.7 Å². The van der Waals surface area contributed by atoms with Crippen molar-refractivity contribution in [3.63, 3.8) is 0 Å². The standard InChI is InChI=1S/C13H24N2O2Si/c1-12(2,3)18(5,6)16-10-13(4)9-15-11(17-13)7-8-14-15/h7-8H,9-10H2,1-6H3. The quantitative estimate of drug-likeness (QED) is 0.791. The maximum absolute atomic E-state index is 6.25. The van der Waals surface area contributed by atoms with Gasteiger partial charge >= 0.3 is 0 Å². The van der Waals surface area contributed by atoms with Crippen LogP contribution in [0.15, 0.2) is 12.3 Å². The van der Waals surface area contributed by atoms with Crippen molar-refractivity contribution in [3.05, 3.63) is 12.3 Å². The molecule has 0 fully saturated rings. The lowest BCUT2D eigenvalue weighted by molar-refractivity contribution is 0.0468. The van der Waals surface area contributed by atoms with Gasteiger partial charge in [0.25, 0.3) is 0 Å². The molecule has 0 spiro atoms. The van der Waals surface area contributed by atoms with Crippen molar-refractivity contribution in [1.82, 2.24) is 9.78 Å². The first-order chi connectivity index (χ1) is 8.13. The first-order valence-corrected chi connectivity index (χ1v) is 9.39. The molecular weight excluding hydrogens is 244 g/mol. The smallest absolute Gasteiger partial charge is 0.212 e. The molecule has 102 valence electrons. The summed E-state index contributed by atoms with van der Waals surface area (Å²) in [5.41, 5.74) is -0.279. The lowest BCUT2D eigenvalue weighted by Gasteiger charge is -2.38. The van der Waals surface area contributed by atoms with Gasteiger partial charge in [-0.1, -0.05) is 20.8 Å². The van der Waals surface area contributed by atoms with Crippen LogP contribution in [0, 0.1) is 0 Å². The van der Waals surface area contributed by atoms with E-state index < -0.39 is 8.32 Å². The Hall–Kier alpha value is -0.813. The fourth-order valence-corrected chi connectivity index (χ4v) is 2.85. The van der Waals surface area contributed by atoms with Gasteiger partial charge < -0.3 is 9.16 Å². The molecule has 1 aliphatic heterocycles. The molecule has 1 atom stereocenters. The molecule has 0 N–H and O–H groups in total. The van der Waals surface area contributed by atoms with Gasteiger partial charge in [-0.3, -0.25) is 0 Å². The molecule has 4 nitrogen and oxygen atoms in total. The molecule has 1 aromatic heterocycles. The van der Waals surface area contributed by atoms with Gasteiger partial charge in [0, 0.05) is 6.07 Å². The minimum atomic E-state index is -1.71.